The monoisotopic (exact) mass is 305 g/mol. The van der Waals surface area contributed by atoms with Gasteiger partial charge in [-0.3, -0.25) is 4.79 Å². The van der Waals surface area contributed by atoms with E-state index in [1.54, 1.807) is 0 Å². The molecule has 2 heteroatoms. The third-order valence-corrected chi connectivity index (χ3v) is 6.52. The number of nitrogens with two attached hydrogens (primary N) is 1. The Labute approximate surface area is 137 Å². The first kappa shape index (κ1) is 14.5. The van der Waals surface area contributed by atoms with Crippen LogP contribution in [0, 0.1) is 23.2 Å². The van der Waals surface area contributed by atoms with E-state index in [9.17, 15) is 4.79 Å². The van der Waals surface area contributed by atoms with Crippen molar-refractivity contribution < 1.29 is 4.79 Å². The maximum absolute atomic E-state index is 11.9. The van der Waals surface area contributed by atoms with Gasteiger partial charge < -0.3 is 5.73 Å². The standard InChI is InChI=1S/C21H23NO/c1-13(17-9-5-7-15-6-3-4-8-18(15)17)21-11-10-16(12-21)19(14(21)2)20(22)23/h3-11,13-14,16,19H,12H2,1-2H3,(H2,22,23)/t13?,14-,16?,19-,21+/m0/s1. The fourth-order valence-corrected chi connectivity index (χ4v) is 5.23. The largest absolute Gasteiger partial charge is 0.369 e. The SMILES string of the molecule is CC(c1cccc2ccccc12)[C@@]12C=CC(C1)[C@@H](C(N)=O)[C@@H]2C. The lowest BCUT2D eigenvalue weighted by molar-refractivity contribution is -0.124. The molecule has 1 amide bonds. The van der Waals surface area contributed by atoms with Gasteiger partial charge in [-0.2, -0.15) is 0 Å². The van der Waals surface area contributed by atoms with Gasteiger partial charge in [-0.05, 0) is 45.9 Å². The number of primary amides is 1. The average molecular weight is 305 g/mol. The van der Waals surface area contributed by atoms with Crippen LogP contribution in [0.5, 0.6) is 0 Å². The van der Waals surface area contributed by atoms with Gasteiger partial charge in [0.1, 0.15) is 0 Å². The molecule has 0 spiro atoms. The Morgan fingerprint density at radius 2 is 1.96 bits per heavy atom. The van der Waals surface area contributed by atoms with Crippen LogP contribution in [0.4, 0.5) is 0 Å². The lowest BCUT2D eigenvalue weighted by Crippen LogP contribution is -2.37. The van der Waals surface area contributed by atoms with Crippen LogP contribution < -0.4 is 5.73 Å². The first-order valence-corrected chi connectivity index (χ1v) is 8.51. The molecule has 4 rings (SSSR count). The molecular weight excluding hydrogens is 282 g/mol. The lowest BCUT2D eigenvalue weighted by Gasteiger charge is -2.39. The second-order valence-corrected chi connectivity index (χ2v) is 7.35. The Balaban J connectivity index is 1.81. The van der Waals surface area contributed by atoms with E-state index in [-0.39, 0.29) is 17.2 Å². The Bertz CT molecular complexity index is 803. The minimum absolute atomic E-state index is 0.0163. The molecule has 0 aromatic heterocycles. The molecule has 2 N–H and O–H groups in total. The van der Waals surface area contributed by atoms with Gasteiger partial charge in [-0.1, -0.05) is 68.5 Å². The van der Waals surface area contributed by atoms with E-state index in [4.69, 9.17) is 5.73 Å². The molecule has 2 bridgehead atoms. The fourth-order valence-electron chi connectivity index (χ4n) is 5.23. The van der Waals surface area contributed by atoms with Crippen molar-refractivity contribution >= 4 is 16.7 Å². The molecule has 0 radical (unpaired) electrons. The highest BCUT2D eigenvalue weighted by atomic mass is 16.1. The molecule has 1 fully saturated rings. The zero-order chi connectivity index (χ0) is 16.2. The molecule has 1 saturated carbocycles. The fraction of sp³-hybridized carbons (Fsp3) is 0.381. The van der Waals surface area contributed by atoms with E-state index < -0.39 is 0 Å². The smallest absolute Gasteiger partial charge is 0.221 e. The van der Waals surface area contributed by atoms with Gasteiger partial charge in [0.2, 0.25) is 5.91 Å². The first-order valence-electron chi connectivity index (χ1n) is 8.51. The summed E-state index contributed by atoms with van der Waals surface area (Å²) in [7, 11) is 0. The maximum Gasteiger partial charge on any atom is 0.221 e. The summed E-state index contributed by atoms with van der Waals surface area (Å²) in [6.45, 7) is 4.52. The molecule has 118 valence electrons. The van der Waals surface area contributed by atoms with Gasteiger partial charge in [0.25, 0.3) is 0 Å². The van der Waals surface area contributed by atoms with E-state index in [1.807, 2.05) is 0 Å². The van der Waals surface area contributed by atoms with Gasteiger partial charge in [-0.25, -0.2) is 0 Å². The zero-order valence-electron chi connectivity index (χ0n) is 13.7. The number of amides is 1. The Hall–Kier alpha value is -2.09. The van der Waals surface area contributed by atoms with Crippen LogP contribution >= 0.6 is 0 Å². The number of hydrogen-bond donors (Lipinski definition) is 1. The van der Waals surface area contributed by atoms with Gasteiger partial charge in [0, 0.05) is 5.92 Å². The molecule has 2 aromatic carbocycles. The number of carbonyl (C=O) groups excluding carboxylic acids is 1. The minimum atomic E-state index is -0.140. The first-order chi connectivity index (χ1) is 11.0. The third-order valence-electron chi connectivity index (χ3n) is 6.52. The Morgan fingerprint density at radius 3 is 2.70 bits per heavy atom. The summed E-state index contributed by atoms with van der Waals surface area (Å²) < 4.78 is 0. The minimum Gasteiger partial charge on any atom is -0.369 e. The van der Waals surface area contributed by atoms with E-state index in [2.05, 4.69) is 68.5 Å². The number of allylic oxidation sites excluding steroid dienone is 2. The van der Waals surface area contributed by atoms with Crippen molar-refractivity contribution in [2.24, 2.45) is 28.9 Å². The van der Waals surface area contributed by atoms with Crippen molar-refractivity contribution in [3.63, 3.8) is 0 Å². The second-order valence-electron chi connectivity index (χ2n) is 7.35. The Morgan fingerprint density at radius 1 is 1.22 bits per heavy atom. The van der Waals surface area contributed by atoms with Crippen LogP contribution in [0.2, 0.25) is 0 Å². The molecule has 0 saturated heterocycles. The molecule has 2 aromatic rings. The number of hydrogen-bond acceptors (Lipinski definition) is 1. The van der Waals surface area contributed by atoms with Crippen LogP contribution in [0.3, 0.4) is 0 Å². The zero-order valence-corrected chi connectivity index (χ0v) is 13.7. The highest BCUT2D eigenvalue weighted by molar-refractivity contribution is 5.86. The maximum atomic E-state index is 11.9. The van der Waals surface area contributed by atoms with Gasteiger partial charge in [0.05, 0.1) is 0 Å². The molecule has 0 aliphatic heterocycles. The van der Waals surface area contributed by atoms with E-state index >= 15 is 0 Å². The molecule has 2 unspecified atom stereocenters. The van der Waals surface area contributed by atoms with Crippen LogP contribution in [0.1, 0.15) is 31.7 Å². The number of carbonyl (C=O) groups is 1. The van der Waals surface area contributed by atoms with Crippen molar-refractivity contribution in [2.75, 3.05) is 0 Å². The average Bonchev–Trinajstić information content (AvgIpc) is 3.10. The molecule has 2 nitrogen and oxygen atoms in total. The van der Waals surface area contributed by atoms with Crippen LogP contribution in [0.25, 0.3) is 10.8 Å². The number of fused-ring (bicyclic) bond motifs is 3. The van der Waals surface area contributed by atoms with Gasteiger partial charge in [0.15, 0.2) is 0 Å². The topological polar surface area (TPSA) is 43.1 Å². The van der Waals surface area contributed by atoms with Gasteiger partial charge in [-0.15, -0.1) is 0 Å². The van der Waals surface area contributed by atoms with E-state index in [0.29, 0.717) is 17.8 Å². The summed E-state index contributed by atoms with van der Waals surface area (Å²) in [6.07, 6.45) is 5.65. The molecule has 23 heavy (non-hydrogen) atoms. The van der Waals surface area contributed by atoms with Crippen LogP contribution in [0.15, 0.2) is 54.6 Å². The van der Waals surface area contributed by atoms with Crippen LogP contribution in [-0.4, -0.2) is 5.91 Å². The summed E-state index contributed by atoms with van der Waals surface area (Å²) in [4.78, 5) is 11.9. The van der Waals surface area contributed by atoms with Crippen molar-refractivity contribution in [3.8, 4) is 0 Å². The summed E-state index contributed by atoms with van der Waals surface area (Å²) in [6, 6.07) is 15.1. The van der Waals surface area contributed by atoms with Crippen molar-refractivity contribution in [1.82, 2.24) is 0 Å². The molecule has 5 atom stereocenters. The third kappa shape index (κ3) is 1.90. The Kier molecular flexibility index (Phi) is 3.12. The summed E-state index contributed by atoms with van der Waals surface area (Å²) in [5.41, 5.74) is 7.12. The second kappa shape index (κ2) is 4.95. The number of rotatable bonds is 3. The van der Waals surface area contributed by atoms with Crippen molar-refractivity contribution in [1.29, 1.82) is 0 Å². The summed E-state index contributed by atoms with van der Waals surface area (Å²) in [5, 5.41) is 2.60. The van der Waals surface area contributed by atoms with E-state index in [1.165, 1.54) is 16.3 Å². The highest BCUT2D eigenvalue weighted by Gasteiger charge is 2.57. The number of benzene rings is 2. The summed E-state index contributed by atoms with van der Waals surface area (Å²) in [5.74, 6) is 0.828. The lowest BCUT2D eigenvalue weighted by atomic mass is 9.65. The molecule has 0 heterocycles. The molecular formula is C21H23NO. The predicted octanol–water partition coefficient (Wildman–Crippen LogP) is 4.26. The highest BCUT2D eigenvalue weighted by Crippen LogP contribution is 2.62. The van der Waals surface area contributed by atoms with E-state index in [0.717, 1.165) is 6.42 Å². The van der Waals surface area contributed by atoms with Crippen LogP contribution in [-0.2, 0) is 4.79 Å². The normalized spacial score (nSPS) is 33.2. The van der Waals surface area contributed by atoms with Crippen molar-refractivity contribution in [2.45, 2.75) is 26.2 Å². The quantitative estimate of drug-likeness (QED) is 0.846. The predicted molar refractivity (Wildman–Crippen MR) is 93.9 cm³/mol. The summed E-state index contributed by atoms with van der Waals surface area (Å²) >= 11 is 0. The molecule has 2 aliphatic rings. The van der Waals surface area contributed by atoms with Crippen molar-refractivity contribution in [3.05, 3.63) is 60.2 Å². The molecule has 2 aliphatic carbocycles. The van der Waals surface area contributed by atoms with Gasteiger partial charge >= 0.3 is 0 Å².